The van der Waals surface area contributed by atoms with Gasteiger partial charge in [0.05, 0.1) is 0 Å². The summed E-state index contributed by atoms with van der Waals surface area (Å²) in [5.74, 6) is 0.317. The maximum atomic E-state index is 10.0. The molecule has 0 saturated carbocycles. The Morgan fingerprint density at radius 3 is 2.58 bits per heavy atom. The first kappa shape index (κ1) is 14.1. The largest absolute Gasteiger partial charge is 0.507 e. The predicted octanol–water partition coefficient (Wildman–Crippen LogP) is 4.56. The zero-order valence-corrected chi connectivity index (χ0v) is 12.5. The first-order valence-corrected chi connectivity index (χ1v) is 6.81. The summed E-state index contributed by atoms with van der Waals surface area (Å²) in [4.78, 5) is 0.847. The number of aryl methyl sites for hydroxylation is 2. The van der Waals surface area contributed by atoms with Crippen molar-refractivity contribution < 1.29 is 5.11 Å². The fourth-order valence-corrected chi connectivity index (χ4v) is 2.56. The number of anilines is 1. The average molecular weight is 294 g/mol. The number of halogens is 1. The first-order chi connectivity index (χ1) is 8.97. The Morgan fingerprint density at radius 1 is 1.16 bits per heavy atom. The number of aromatic hydroxyl groups is 1. The molecule has 4 heteroatoms. The Labute approximate surface area is 123 Å². The number of thiol groups is 1. The second-order valence-corrected chi connectivity index (χ2v) is 5.54. The quantitative estimate of drug-likeness (QED) is 0.725. The van der Waals surface area contributed by atoms with Gasteiger partial charge in [-0.1, -0.05) is 11.6 Å². The van der Waals surface area contributed by atoms with E-state index in [0.717, 1.165) is 32.3 Å². The molecule has 0 radical (unpaired) electrons. The monoisotopic (exact) mass is 293 g/mol. The molecule has 0 saturated heterocycles. The molecule has 2 aromatic carbocycles. The minimum Gasteiger partial charge on any atom is -0.507 e. The lowest BCUT2D eigenvalue weighted by atomic mass is 10.1. The summed E-state index contributed by atoms with van der Waals surface area (Å²) in [6.45, 7) is 4.41. The number of rotatable bonds is 3. The summed E-state index contributed by atoms with van der Waals surface area (Å²) in [6.07, 6.45) is 0. The third kappa shape index (κ3) is 3.37. The van der Waals surface area contributed by atoms with Crippen LogP contribution in [0.1, 0.15) is 16.7 Å². The zero-order valence-electron chi connectivity index (χ0n) is 10.9. The van der Waals surface area contributed by atoms with Gasteiger partial charge in [-0.2, -0.15) is 0 Å². The summed E-state index contributed by atoms with van der Waals surface area (Å²) in [6, 6.07) is 9.40. The van der Waals surface area contributed by atoms with Crippen LogP contribution in [-0.2, 0) is 6.54 Å². The van der Waals surface area contributed by atoms with Crippen LogP contribution in [0.2, 0.25) is 5.02 Å². The molecule has 0 atom stereocenters. The van der Waals surface area contributed by atoms with Gasteiger partial charge in [-0.05, 0) is 55.3 Å². The minimum atomic E-state index is 0.317. The van der Waals surface area contributed by atoms with Gasteiger partial charge in [0.1, 0.15) is 5.75 Å². The average Bonchev–Trinajstić information content (AvgIpc) is 2.33. The van der Waals surface area contributed by atoms with Crippen molar-refractivity contribution in [3.05, 3.63) is 52.0 Å². The van der Waals surface area contributed by atoms with Gasteiger partial charge in [0, 0.05) is 27.7 Å². The van der Waals surface area contributed by atoms with Crippen LogP contribution >= 0.6 is 24.2 Å². The Kier molecular flexibility index (Phi) is 4.27. The molecule has 2 nitrogen and oxygen atoms in total. The van der Waals surface area contributed by atoms with Crippen LogP contribution in [0, 0.1) is 13.8 Å². The molecule has 0 aliphatic heterocycles. The summed E-state index contributed by atoms with van der Waals surface area (Å²) < 4.78 is 0. The molecule has 0 aromatic heterocycles. The van der Waals surface area contributed by atoms with Gasteiger partial charge in [0.25, 0.3) is 0 Å². The van der Waals surface area contributed by atoms with Crippen molar-refractivity contribution in [2.75, 3.05) is 5.32 Å². The molecule has 0 fully saturated rings. The molecule has 100 valence electrons. The van der Waals surface area contributed by atoms with Crippen LogP contribution in [0.4, 0.5) is 5.69 Å². The maximum Gasteiger partial charge on any atom is 0.123 e. The van der Waals surface area contributed by atoms with Crippen LogP contribution < -0.4 is 5.32 Å². The van der Waals surface area contributed by atoms with E-state index in [1.165, 1.54) is 0 Å². The molecule has 2 aromatic rings. The van der Waals surface area contributed by atoms with E-state index in [9.17, 15) is 5.11 Å². The SMILES string of the molecule is Cc1cc(Cl)ccc1NCc1cc(S)cc(C)c1O. The van der Waals surface area contributed by atoms with Crippen LogP contribution in [0.3, 0.4) is 0 Å². The van der Waals surface area contributed by atoms with E-state index in [1.807, 2.05) is 44.2 Å². The van der Waals surface area contributed by atoms with Crippen molar-refractivity contribution in [1.82, 2.24) is 0 Å². The van der Waals surface area contributed by atoms with E-state index in [-0.39, 0.29) is 0 Å². The van der Waals surface area contributed by atoms with Crippen LogP contribution in [0.25, 0.3) is 0 Å². The van der Waals surface area contributed by atoms with Crippen molar-refractivity contribution in [2.45, 2.75) is 25.3 Å². The molecular formula is C15H16ClNOS. The van der Waals surface area contributed by atoms with Crippen LogP contribution in [0.15, 0.2) is 35.2 Å². The van der Waals surface area contributed by atoms with E-state index in [4.69, 9.17) is 11.6 Å². The van der Waals surface area contributed by atoms with Gasteiger partial charge in [-0.15, -0.1) is 12.6 Å². The van der Waals surface area contributed by atoms with Gasteiger partial charge in [-0.3, -0.25) is 0 Å². The second kappa shape index (κ2) is 5.76. The molecule has 0 aliphatic rings. The number of nitrogens with one attached hydrogen (secondary N) is 1. The van der Waals surface area contributed by atoms with Gasteiger partial charge >= 0.3 is 0 Å². The Hall–Kier alpha value is -1.32. The molecule has 0 aliphatic carbocycles. The molecule has 0 spiro atoms. The maximum absolute atomic E-state index is 10.0. The van der Waals surface area contributed by atoms with E-state index >= 15 is 0 Å². The lowest BCUT2D eigenvalue weighted by Gasteiger charge is -2.12. The number of phenols is 1. The standard InChI is InChI=1S/C15H16ClNOS/c1-9-5-12(16)3-4-14(9)17-8-11-7-13(19)6-10(2)15(11)18/h3-7,17-19H,8H2,1-2H3. The Bertz CT molecular complexity index is 613. The van der Waals surface area contributed by atoms with E-state index in [0.29, 0.717) is 12.3 Å². The van der Waals surface area contributed by atoms with Crippen molar-refractivity contribution >= 4 is 29.9 Å². The van der Waals surface area contributed by atoms with Crippen LogP contribution in [0.5, 0.6) is 5.75 Å². The highest BCUT2D eigenvalue weighted by Crippen LogP contribution is 2.27. The molecule has 0 bridgehead atoms. The number of hydrogen-bond acceptors (Lipinski definition) is 3. The van der Waals surface area contributed by atoms with E-state index < -0.39 is 0 Å². The third-order valence-electron chi connectivity index (χ3n) is 3.02. The predicted molar refractivity (Wildman–Crippen MR) is 83.6 cm³/mol. The first-order valence-electron chi connectivity index (χ1n) is 5.99. The fourth-order valence-electron chi connectivity index (χ4n) is 1.98. The van der Waals surface area contributed by atoms with Crippen LogP contribution in [-0.4, -0.2) is 5.11 Å². The molecule has 0 unspecified atom stereocenters. The smallest absolute Gasteiger partial charge is 0.123 e. The zero-order chi connectivity index (χ0) is 14.0. The van der Waals surface area contributed by atoms with E-state index in [2.05, 4.69) is 17.9 Å². The lowest BCUT2D eigenvalue weighted by molar-refractivity contribution is 0.464. The number of benzene rings is 2. The second-order valence-electron chi connectivity index (χ2n) is 4.58. The molecular weight excluding hydrogens is 278 g/mol. The van der Waals surface area contributed by atoms with Crippen molar-refractivity contribution in [3.8, 4) is 5.75 Å². The van der Waals surface area contributed by atoms with Gasteiger partial charge < -0.3 is 10.4 Å². The van der Waals surface area contributed by atoms with Crippen molar-refractivity contribution in [2.24, 2.45) is 0 Å². The molecule has 0 amide bonds. The Morgan fingerprint density at radius 2 is 1.89 bits per heavy atom. The minimum absolute atomic E-state index is 0.317. The number of hydrogen-bond donors (Lipinski definition) is 3. The highest BCUT2D eigenvalue weighted by atomic mass is 35.5. The fraction of sp³-hybridized carbons (Fsp3) is 0.200. The highest BCUT2D eigenvalue weighted by Gasteiger charge is 2.06. The molecule has 2 N–H and O–H groups in total. The lowest BCUT2D eigenvalue weighted by Crippen LogP contribution is -2.02. The molecule has 2 rings (SSSR count). The Balaban J connectivity index is 2.19. The number of phenolic OH excluding ortho intramolecular Hbond substituents is 1. The van der Waals surface area contributed by atoms with Gasteiger partial charge in [0.15, 0.2) is 0 Å². The summed E-state index contributed by atoms with van der Waals surface area (Å²) >= 11 is 10.3. The normalized spacial score (nSPS) is 10.5. The molecule has 19 heavy (non-hydrogen) atoms. The van der Waals surface area contributed by atoms with E-state index in [1.54, 1.807) is 0 Å². The summed E-state index contributed by atoms with van der Waals surface area (Å²) in [5.41, 5.74) is 3.74. The third-order valence-corrected chi connectivity index (χ3v) is 3.52. The van der Waals surface area contributed by atoms with Gasteiger partial charge in [-0.25, -0.2) is 0 Å². The van der Waals surface area contributed by atoms with Gasteiger partial charge in [0.2, 0.25) is 0 Å². The topological polar surface area (TPSA) is 32.3 Å². The van der Waals surface area contributed by atoms with Crippen molar-refractivity contribution in [3.63, 3.8) is 0 Å². The van der Waals surface area contributed by atoms with Crippen molar-refractivity contribution in [1.29, 1.82) is 0 Å². The molecule has 0 heterocycles. The highest BCUT2D eigenvalue weighted by molar-refractivity contribution is 7.80. The summed E-state index contributed by atoms with van der Waals surface area (Å²) in [7, 11) is 0. The summed E-state index contributed by atoms with van der Waals surface area (Å²) in [5, 5.41) is 14.0.